The molecule has 2 saturated carbocycles. The fourth-order valence-electron chi connectivity index (χ4n) is 4.29. The van der Waals surface area contributed by atoms with Crippen molar-refractivity contribution in [3.63, 3.8) is 0 Å². The van der Waals surface area contributed by atoms with E-state index < -0.39 is 0 Å². The minimum Gasteiger partial charge on any atom is -0.313 e. The van der Waals surface area contributed by atoms with Crippen molar-refractivity contribution >= 4 is 0 Å². The van der Waals surface area contributed by atoms with Crippen molar-refractivity contribution in [1.82, 2.24) is 10.2 Å². The van der Waals surface area contributed by atoms with E-state index in [2.05, 4.69) is 37.9 Å². The second kappa shape index (κ2) is 7.97. The van der Waals surface area contributed by atoms with Crippen LogP contribution in [0, 0.1) is 17.3 Å². The Morgan fingerprint density at radius 2 is 1.81 bits per heavy atom. The van der Waals surface area contributed by atoms with Crippen molar-refractivity contribution in [3.05, 3.63) is 0 Å². The van der Waals surface area contributed by atoms with Crippen LogP contribution in [0.5, 0.6) is 0 Å². The number of hydrogen-bond acceptors (Lipinski definition) is 2. The van der Waals surface area contributed by atoms with Crippen LogP contribution < -0.4 is 5.32 Å². The first-order valence-electron chi connectivity index (χ1n) is 9.52. The highest BCUT2D eigenvalue weighted by Crippen LogP contribution is 2.40. The maximum absolute atomic E-state index is 3.90. The third-order valence-corrected chi connectivity index (χ3v) is 5.57. The Morgan fingerprint density at radius 1 is 1.05 bits per heavy atom. The summed E-state index contributed by atoms with van der Waals surface area (Å²) in [4.78, 5) is 2.78. The summed E-state index contributed by atoms with van der Waals surface area (Å²) >= 11 is 0. The highest BCUT2D eigenvalue weighted by Gasteiger charge is 2.39. The highest BCUT2D eigenvalue weighted by molar-refractivity contribution is 4.94. The molecule has 1 N–H and O–H groups in total. The van der Waals surface area contributed by atoms with Gasteiger partial charge in [-0.15, -0.1) is 0 Å². The van der Waals surface area contributed by atoms with E-state index in [0.29, 0.717) is 11.5 Å². The van der Waals surface area contributed by atoms with Crippen molar-refractivity contribution in [2.24, 2.45) is 17.3 Å². The molecule has 0 bridgehead atoms. The molecule has 21 heavy (non-hydrogen) atoms. The van der Waals surface area contributed by atoms with E-state index in [0.717, 1.165) is 11.8 Å². The lowest BCUT2D eigenvalue weighted by atomic mass is 9.67. The predicted molar refractivity (Wildman–Crippen MR) is 92.7 cm³/mol. The monoisotopic (exact) mass is 294 g/mol. The summed E-state index contributed by atoms with van der Waals surface area (Å²) in [5.74, 6) is 1.88. The molecule has 0 radical (unpaired) electrons. The molecule has 2 unspecified atom stereocenters. The minimum absolute atomic E-state index is 0.468. The first kappa shape index (κ1) is 17.3. The zero-order chi connectivity index (χ0) is 15.3. The van der Waals surface area contributed by atoms with Gasteiger partial charge in [0, 0.05) is 19.1 Å². The molecule has 2 aliphatic carbocycles. The molecule has 2 aliphatic rings. The van der Waals surface area contributed by atoms with Gasteiger partial charge in [-0.25, -0.2) is 0 Å². The van der Waals surface area contributed by atoms with Gasteiger partial charge in [-0.2, -0.15) is 0 Å². The quantitative estimate of drug-likeness (QED) is 0.682. The van der Waals surface area contributed by atoms with E-state index in [4.69, 9.17) is 0 Å². The standard InChI is InChI=1S/C19H38N2/c1-5-12-20-18-17(8-7-11-19(18,3)4)15-21(13-6-2)14-16-9-10-16/h16-18,20H,5-15H2,1-4H3. The molecule has 0 aromatic heterocycles. The molecule has 0 saturated heterocycles. The molecule has 2 fully saturated rings. The van der Waals surface area contributed by atoms with Crippen LogP contribution in [-0.2, 0) is 0 Å². The van der Waals surface area contributed by atoms with Gasteiger partial charge >= 0.3 is 0 Å². The van der Waals surface area contributed by atoms with Crippen LogP contribution >= 0.6 is 0 Å². The van der Waals surface area contributed by atoms with Gasteiger partial charge in [0.15, 0.2) is 0 Å². The van der Waals surface area contributed by atoms with E-state index >= 15 is 0 Å². The molecule has 0 spiro atoms. The van der Waals surface area contributed by atoms with Crippen LogP contribution in [0.3, 0.4) is 0 Å². The van der Waals surface area contributed by atoms with E-state index in [1.165, 1.54) is 71.1 Å². The lowest BCUT2D eigenvalue weighted by Gasteiger charge is -2.46. The zero-order valence-electron chi connectivity index (χ0n) is 15.0. The fraction of sp³-hybridized carbons (Fsp3) is 1.00. The molecule has 0 aromatic carbocycles. The molecule has 2 rings (SSSR count). The van der Waals surface area contributed by atoms with E-state index in [1.54, 1.807) is 0 Å². The van der Waals surface area contributed by atoms with Gasteiger partial charge in [-0.05, 0) is 68.9 Å². The van der Waals surface area contributed by atoms with Crippen molar-refractivity contribution in [1.29, 1.82) is 0 Å². The Morgan fingerprint density at radius 3 is 2.43 bits per heavy atom. The number of nitrogens with one attached hydrogen (secondary N) is 1. The van der Waals surface area contributed by atoms with Crippen LogP contribution in [0.15, 0.2) is 0 Å². The average molecular weight is 295 g/mol. The number of rotatable bonds is 9. The van der Waals surface area contributed by atoms with E-state index in [1.807, 2.05) is 0 Å². The Bertz CT molecular complexity index is 296. The highest BCUT2D eigenvalue weighted by atomic mass is 15.1. The molecular formula is C19H38N2. The molecular weight excluding hydrogens is 256 g/mol. The predicted octanol–water partition coefficient (Wildman–Crippen LogP) is 4.30. The summed E-state index contributed by atoms with van der Waals surface area (Å²) in [5, 5.41) is 3.90. The van der Waals surface area contributed by atoms with Gasteiger partial charge in [0.05, 0.1) is 0 Å². The summed E-state index contributed by atoms with van der Waals surface area (Å²) in [6, 6.07) is 0.713. The Kier molecular flexibility index (Phi) is 6.55. The zero-order valence-corrected chi connectivity index (χ0v) is 15.0. The first-order valence-corrected chi connectivity index (χ1v) is 9.52. The SMILES string of the molecule is CCCNC1C(CN(CCC)CC2CC2)CCCC1(C)C. The average Bonchev–Trinajstić information content (AvgIpc) is 3.21. The fourth-order valence-corrected chi connectivity index (χ4v) is 4.29. The molecule has 2 nitrogen and oxygen atoms in total. The molecule has 0 heterocycles. The topological polar surface area (TPSA) is 15.3 Å². The van der Waals surface area contributed by atoms with Gasteiger partial charge in [0.25, 0.3) is 0 Å². The van der Waals surface area contributed by atoms with Crippen LogP contribution in [-0.4, -0.2) is 37.1 Å². The van der Waals surface area contributed by atoms with Crippen LogP contribution in [0.2, 0.25) is 0 Å². The van der Waals surface area contributed by atoms with Crippen molar-refractivity contribution < 1.29 is 0 Å². The van der Waals surface area contributed by atoms with Crippen molar-refractivity contribution in [2.75, 3.05) is 26.2 Å². The Balaban J connectivity index is 1.95. The Labute approximate surface area is 133 Å². The maximum Gasteiger partial charge on any atom is 0.0159 e. The maximum atomic E-state index is 3.90. The van der Waals surface area contributed by atoms with Crippen molar-refractivity contribution in [2.45, 2.75) is 78.7 Å². The summed E-state index contributed by atoms with van der Waals surface area (Å²) in [6.45, 7) is 14.8. The molecule has 0 aliphatic heterocycles. The van der Waals surface area contributed by atoms with Gasteiger partial charge in [-0.1, -0.05) is 34.1 Å². The van der Waals surface area contributed by atoms with Crippen LogP contribution in [0.25, 0.3) is 0 Å². The summed E-state index contributed by atoms with van der Waals surface area (Å²) in [7, 11) is 0. The normalized spacial score (nSPS) is 29.0. The molecule has 2 heteroatoms. The largest absolute Gasteiger partial charge is 0.313 e. The Hall–Kier alpha value is -0.0800. The third kappa shape index (κ3) is 5.25. The summed E-state index contributed by atoms with van der Waals surface area (Å²) in [6.07, 6.45) is 9.75. The lowest BCUT2D eigenvalue weighted by molar-refractivity contribution is 0.0772. The summed E-state index contributed by atoms with van der Waals surface area (Å²) in [5.41, 5.74) is 0.468. The molecule has 0 aromatic rings. The van der Waals surface area contributed by atoms with Gasteiger partial charge < -0.3 is 10.2 Å². The molecule has 124 valence electrons. The van der Waals surface area contributed by atoms with Gasteiger partial charge in [-0.3, -0.25) is 0 Å². The second-order valence-electron chi connectivity index (χ2n) is 8.28. The van der Waals surface area contributed by atoms with E-state index in [-0.39, 0.29) is 0 Å². The minimum atomic E-state index is 0.468. The number of nitrogens with zero attached hydrogens (tertiary/aromatic N) is 1. The van der Waals surface area contributed by atoms with Crippen LogP contribution in [0.4, 0.5) is 0 Å². The first-order chi connectivity index (χ1) is 10.1. The second-order valence-corrected chi connectivity index (χ2v) is 8.28. The smallest absolute Gasteiger partial charge is 0.0159 e. The lowest BCUT2D eigenvalue weighted by Crippen LogP contribution is -2.53. The van der Waals surface area contributed by atoms with Gasteiger partial charge in [0.2, 0.25) is 0 Å². The van der Waals surface area contributed by atoms with Crippen LogP contribution in [0.1, 0.15) is 72.6 Å². The van der Waals surface area contributed by atoms with E-state index in [9.17, 15) is 0 Å². The molecule has 0 amide bonds. The number of hydrogen-bond donors (Lipinski definition) is 1. The summed E-state index contributed by atoms with van der Waals surface area (Å²) < 4.78 is 0. The molecule has 2 atom stereocenters. The third-order valence-electron chi connectivity index (χ3n) is 5.57. The van der Waals surface area contributed by atoms with Gasteiger partial charge in [0.1, 0.15) is 0 Å². The van der Waals surface area contributed by atoms with Crippen molar-refractivity contribution in [3.8, 4) is 0 Å².